The minimum atomic E-state index is -4.72. The number of methoxy groups -OCH3 is 2. The Morgan fingerprint density at radius 3 is 1.94 bits per heavy atom. The second kappa shape index (κ2) is 43.2. The lowest BCUT2D eigenvalue weighted by molar-refractivity contribution is -0.161. The topological polar surface area (TPSA) is 335 Å². The molecule has 2 heterocycles. The maximum Gasteiger partial charge on any atom is 0.407 e. The molecule has 14 unspecified atom stereocenters. The molecule has 2 aliphatic heterocycles. The van der Waals surface area contributed by atoms with Crippen LogP contribution in [-0.2, 0) is 64.0 Å². The Labute approximate surface area is 612 Å². The quantitative estimate of drug-likeness (QED) is 0.0240. The van der Waals surface area contributed by atoms with Gasteiger partial charge in [-0.3, -0.25) is 53.4 Å². The molecule has 8 N–H and O–H groups in total. The number of ketones is 2. The van der Waals surface area contributed by atoms with Gasteiger partial charge in [0.1, 0.15) is 30.5 Å². The summed E-state index contributed by atoms with van der Waals surface area (Å²) in [5.74, 6) is -7.44. The number of anilines is 1. The molecule has 28 heteroatoms. The van der Waals surface area contributed by atoms with Crippen LogP contribution in [0.5, 0.6) is 0 Å². The number of urea groups is 1. The van der Waals surface area contributed by atoms with Gasteiger partial charge < -0.3 is 61.0 Å². The third-order valence-corrected chi connectivity index (χ3v) is 20.4. The van der Waals surface area contributed by atoms with E-state index in [9.17, 15) is 71.0 Å². The van der Waals surface area contributed by atoms with Crippen LogP contribution in [0.3, 0.4) is 0 Å². The number of ether oxygens (including phenoxy) is 3. The maximum atomic E-state index is 14.8. The van der Waals surface area contributed by atoms with Crippen molar-refractivity contribution in [1.82, 2.24) is 40.9 Å². The molecule has 2 aromatic carbocycles. The minimum absolute atomic E-state index is 0.0330. The van der Waals surface area contributed by atoms with Gasteiger partial charge in [-0.05, 0) is 97.8 Å². The second-order valence-electron chi connectivity index (χ2n) is 29.4. The van der Waals surface area contributed by atoms with Crippen LogP contribution in [0.2, 0.25) is 0 Å². The Balaban J connectivity index is 1.30. The van der Waals surface area contributed by atoms with Crippen LogP contribution in [0.15, 0.2) is 54.6 Å². The molecule has 0 radical (unpaired) electrons. The highest BCUT2D eigenvalue weighted by Gasteiger charge is 2.46. The van der Waals surface area contributed by atoms with Crippen LogP contribution in [0, 0.1) is 47.3 Å². The van der Waals surface area contributed by atoms with E-state index in [1.54, 1.807) is 84.4 Å². The Bertz CT molecular complexity index is 3130. The average molecular weight is 1470 g/mol. The fourth-order valence-electron chi connectivity index (χ4n) is 14.1. The third-order valence-electron chi connectivity index (χ3n) is 20.4. The van der Waals surface area contributed by atoms with E-state index in [1.807, 2.05) is 51.1 Å². The van der Waals surface area contributed by atoms with Crippen molar-refractivity contribution < 1.29 is 85.2 Å². The number of nitrogens with zero attached hydrogens (tertiary/aromatic N) is 4. The summed E-state index contributed by atoms with van der Waals surface area (Å²) in [5, 5.41) is 24.3. The number of carbonyl (C=O) groups is 11. The van der Waals surface area contributed by atoms with Crippen molar-refractivity contribution >= 4 is 70.7 Å². The molecule has 14 atom stereocenters. The predicted molar refractivity (Wildman–Crippen MR) is 387 cm³/mol. The fraction of sp³-hybridized carbons (Fsp3) is 0.697. The Morgan fingerprint density at radius 2 is 1.38 bits per heavy atom. The molecule has 4 rings (SSSR count). The van der Waals surface area contributed by atoms with Crippen LogP contribution in [0.25, 0.3) is 0 Å². The van der Waals surface area contributed by atoms with Crippen molar-refractivity contribution in [3.8, 4) is 0 Å². The number of likely N-dealkylation sites (tertiary alicyclic amines) is 2. The van der Waals surface area contributed by atoms with E-state index in [0.717, 1.165) is 10.5 Å². The fourth-order valence-corrected chi connectivity index (χ4v) is 14.1. The van der Waals surface area contributed by atoms with Gasteiger partial charge in [-0.15, -0.1) is 0 Å². The van der Waals surface area contributed by atoms with Gasteiger partial charge in [-0.1, -0.05) is 138 Å². The van der Waals surface area contributed by atoms with Gasteiger partial charge in [0.15, 0.2) is 5.78 Å². The van der Waals surface area contributed by atoms with Crippen LogP contribution in [-0.4, -0.2) is 199 Å². The van der Waals surface area contributed by atoms with Crippen LogP contribution in [0.1, 0.15) is 190 Å². The number of benzene rings is 2. The molecule has 2 saturated heterocycles. The SMILES string of the molecule is CCC(C)C(C(CC(=O)N1CCCC1C(OC)C(C)C(=O)CC(C)C(O)c1ccccc1)OC)N(C)C(=O)C(NC(=O)C(C(C)C)N(C)C(=O)CCCNC(=O)OCc1ccc(NC(=O)C(CCCNC(N)=O)CC(=O)C(NC(CCCCCN2C(=O)CC(C)C2=O)C(F)(F)F)C(C)C)cc1)C(C)C. The maximum absolute atomic E-state index is 14.8. The second-order valence-corrected chi connectivity index (χ2v) is 29.4. The normalized spacial score (nSPS) is 18.3. The molecule has 0 aliphatic carbocycles. The van der Waals surface area contributed by atoms with E-state index in [1.165, 1.54) is 38.3 Å². The molecular weight excluding hydrogens is 1350 g/mol. The van der Waals surface area contributed by atoms with Crippen LogP contribution >= 0.6 is 0 Å². The monoisotopic (exact) mass is 1470 g/mol. The first kappa shape index (κ1) is 88.8. The van der Waals surface area contributed by atoms with Crippen molar-refractivity contribution in [2.75, 3.05) is 59.8 Å². The van der Waals surface area contributed by atoms with Crippen molar-refractivity contribution in [2.45, 2.75) is 240 Å². The predicted octanol–water partition coefficient (Wildman–Crippen LogP) is 9.03. The van der Waals surface area contributed by atoms with Crippen LogP contribution in [0.4, 0.5) is 28.4 Å². The minimum Gasteiger partial charge on any atom is -0.445 e. The lowest BCUT2D eigenvalue weighted by atomic mass is 9.85. The van der Waals surface area contributed by atoms with E-state index >= 15 is 0 Å². The van der Waals surface area contributed by atoms with Gasteiger partial charge in [-0.2, -0.15) is 13.2 Å². The van der Waals surface area contributed by atoms with Gasteiger partial charge in [0, 0.05) is 104 Å². The zero-order chi connectivity index (χ0) is 77.9. The van der Waals surface area contributed by atoms with E-state index in [4.69, 9.17) is 19.9 Å². The largest absolute Gasteiger partial charge is 0.445 e. The summed E-state index contributed by atoms with van der Waals surface area (Å²) in [6, 6.07) is 8.24. The summed E-state index contributed by atoms with van der Waals surface area (Å²) in [6.07, 6.45) is -5.32. The first-order valence-electron chi connectivity index (χ1n) is 37.0. The molecular formula is C76H119F3N10O15. The zero-order valence-corrected chi connectivity index (χ0v) is 63.8. The lowest BCUT2D eigenvalue weighted by Gasteiger charge is -2.41. The number of halogens is 3. The summed E-state index contributed by atoms with van der Waals surface area (Å²) >= 11 is 0. The number of hydrogen-bond donors (Lipinski definition) is 7. The molecule has 2 fully saturated rings. The Morgan fingerprint density at radius 1 is 0.731 bits per heavy atom. The van der Waals surface area contributed by atoms with Crippen molar-refractivity contribution in [1.29, 1.82) is 0 Å². The first-order valence-corrected chi connectivity index (χ1v) is 37.0. The number of imide groups is 1. The number of hydrogen-bond acceptors (Lipinski definition) is 16. The summed E-state index contributed by atoms with van der Waals surface area (Å²) in [7, 11) is 6.19. The number of nitrogens with one attached hydrogen (secondary N) is 5. The number of rotatable bonds is 45. The highest BCUT2D eigenvalue weighted by atomic mass is 19.4. The molecule has 0 saturated carbocycles. The number of likely N-dealkylation sites (N-methyl/N-ethyl adjacent to an activating group) is 2. The molecule has 104 heavy (non-hydrogen) atoms. The first-order chi connectivity index (χ1) is 49.0. The molecule has 2 aromatic rings. The Kier molecular flexibility index (Phi) is 36.9. The smallest absolute Gasteiger partial charge is 0.407 e. The third kappa shape index (κ3) is 26.8. The van der Waals surface area contributed by atoms with E-state index in [-0.39, 0.29) is 119 Å². The summed E-state index contributed by atoms with van der Waals surface area (Å²) in [5.41, 5.74) is 6.78. The van der Waals surface area contributed by atoms with Gasteiger partial charge in [0.05, 0.1) is 42.9 Å². The van der Waals surface area contributed by atoms with Gasteiger partial charge in [-0.25, -0.2) is 9.59 Å². The number of carbonyl (C=O) groups excluding carboxylic acids is 11. The average Bonchev–Trinajstić information content (AvgIpc) is 1.28. The highest BCUT2D eigenvalue weighted by molar-refractivity contribution is 6.03. The van der Waals surface area contributed by atoms with E-state index in [2.05, 4.69) is 26.6 Å². The highest BCUT2D eigenvalue weighted by Crippen LogP contribution is 2.34. The Hall–Kier alpha value is -7.56. The number of amides is 10. The zero-order valence-electron chi connectivity index (χ0n) is 63.8. The molecule has 2 aliphatic rings. The van der Waals surface area contributed by atoms with Crippen LogP contribution < -0.4 is 32.3 Å². The number of alkyl halides is 3. The van der Waals surface area contributed by atoms with Gasteiger partial charge in [0.25, 0.3) is 0 Å². The van der Waals surface area contributed by atoms with Gasteiger partial charge in [0.2, 0.25) is 41.4 Å². The number of alkyl carbamates (subject to hydrolysis) is 1. The molecule has 0 aromatic heterocycles. The van der Waals surface area contributed by atoms with E-state index < -0.39 is 144 Å². The van der Waals surface area contributed by atoms with Crippen molar-refractivity contribution in [3.63, 3.8) is 0 Å². The number of nitrogens with two attached hydrogens (primary N) is 1. The molecule has 584 valence electrons. The summed E-state index contributed by atoms with van der Waals surface area (Å²) < 4.78 is 60.9. The number of Topliss-reactive ketones (excluding diaryl/α,β-unsaturated/α-hetero) is 2. The number of aliphatic hydroxyl groups is 1. The van der Waals surface area contributed by atoms with Crippen molar-refractivity contribution in [2.24, 2.45) is 53.1 Å². The molecule has 0 spiro atoms. The van der Waals surface area contributed by atoms with E-state index in [0.29, 0.717) is 49.9 Å². The number of aliphatic hydroxyl groups excluding tert-OH is 1. The summed E-state index contributed by atoms with van der Waals surface area (Å²) in [6.45, 7) is 20.1. The van der Waals surface area contributed by atoms with Crippen molar-refractivity contribution in [3.05, 3.63) is 65.7 Å². The number of unbranched alkanes of at least 4 members (excludes halogenated alkanes) is 2. The molecule has 0 bridgehead atoms. The molecule has 25 nitrogen and oxygen atoms in total. The standard InChI is InChI=1S/C76H119F3N10O15/c1-16-48(8)67(59(102-14)43-63(94)88-39-25-29-56(88)69(103-15)51(11)57(90)40-49(9)68(95)53-26-19-17-20-27-53)87(13)73(99)65(46(4)5)85-71(97)66(47(6)7)86(12)61(92)31-24-37-82-75(101)104-44-52-32-34-55(35-33-52)83-70(96)54(28-23-36-81-74(80)100)42-58(91)64(45(2)3)84-60(76(77,78)79)30-21-18-22-38-89-62(93)41-50(10)72(89)98/h17,19-20,26-27,32-35,45-51,54,56,59-60,64-69,84,95H,16,18,21-25,28-31,36-44H2,1-15H3,(H,82,101)(H,83,96)(H,85,97)(H3,80,81,100). The molecule has 10 amide bonds. The van der Waals surface area contributed by atoms with Gasteiger partial charge >= 0.3 is 18.3 Å². The number of primary amides is 1. The lowest BCUT2D eigenvalue weighted by Crippen LogP contribution is -2.60. The summed E-state index contributed by atoms with van der Waals surface area (Å²) in [4.78, 5) is 153.